The van der Waals surface area contributed by atoms with E-state index in [2.05, 4.69) is 12.0 Å². The number of hydrogen-bond acceptors (Lipinski definition) is 3. The smallest absolute Gasteiger partial charge is 0.0866 e. The maximum atomic E-state index is 5.37. The Morgan fingerprint density at radius 3 is 2.50 bits per heavy atom. The second-order valence-electron chi connectivity index (χ2n) is 3.52. The summed E-state index contributed by atoms with van der Waals surface area (Å²) in [4.78, 5) is 0. The molecule has 0 N–H and O–H groups in total. The summed E-state index contributed by atoms with van der Waals surface area (Å²) >= 11 is 0. The molecule has 0 atom stereocenters. The zero-order valence-electron chi connectivity index (χ0n) is 10.3. The number of nitrogens with zero attached hydrogens (tertiary/aromatic N) is 2. The molecule has 3 nitrogen and oxygen atoms in total. The molecular formula is C13H20N2O. The van der Waals surface area contributed by atoms with E-state index in [1.165, 1.54) is 0 Å². The van der Waals surface area contributed by atoms with Crippen LogP contribution in [0.15, 0.2) is 35.4 Å². The van der Waals surface area contributed by atoms with Gasteiger partial charge in [-0.1, -0.05) is 25.1 Å². The van der Waals surface area contributed by atoms with Crippen molar-refractivity contribution >= 4 is 11.4 Å². The van der Waals surface area contributed by atoms with Crippen molar-refractivity contribution < 1.29 is 4.74 Å². The normalized spacial score (nSPS) is 11.6. The van der Waals surface area contributed by atoms with Crippen molar-refractivity contribution in [3.8, 4) is 0 Å². The van der Waals surface area contributed by atoms with Gasteiger partial charge in [0.2, 0.25) is 0 Å². The highest BCUT2D eigenvalue weighted by Crippen LogP contribution is 2.11. The second-order valence-corrected chi connectivity index (χ2v) is 3.52. The molecule has 0 fully saturated rings. The number of ether oxygens (including phenoxy) is 1. The van der Waals surface area contributed by atoms with E-state index in [4.69, 9.17) is 4.74 Å². The van der Waals surface area contributed by atoms with Gasteiger partial charge in [0.05, 0.1) is 18.0 Å². The molecule has 0 aliphatic rings. The highest BCUT2D eigenvalue weighted by Gasteiger charge is 2.01. The van der Waals surface area contributed by atoms with Crippen LogP contribution in [0.1, 0.15) is 20.3 Å². The van der Waals surface area contributed by atoms with Crippen molar-refractivity contribution in [2.24, 2.45) is 5.10 Å². The van der Waals surface area contributed by atoms with E-state index in [1.54, 1.807) is 0 Å². The maximum Gasteiger partial charge on any atom is 0.0866 e. The summed E-state index contributed by atoms with van der Waals surface area (Å²) in [5, 5.41) is 6.41. The van der Waals surface area contributed by atoms with Gasteiger partial charge in [0, 0.05) is 13.7 Å². The summed E-state index contributed by atoms with van der Waals surface area (Å²) in [6.07, 6.45) is 0.914. The third-order valence-electron chi connectivity index (χ3n) is 2.30. The Balaban J connectivity index is 2.66. The molecule has 0 saturated heterocycles. The first-order valence-corrected chi connectivity index (χ1v) is 5.70. The number of benzene rings is 1. The Kier molecular flexibility index (Phi) is 5.57. The Hall–Kier alpha value is -1.35. The SMILES string of the molecule is CCOCC(CC)=NN(C)c1ccccc1. The Morgan fingerprint density at radius 2 is 1.94 bits per heavy atom. The largest absolute Gasteiger partial charge is 0.376 e. The van der Waals surface area contributed by atoms with Crippen LogP contribution in [0, 0.1) is 0 Å². The molecule has 0 spiro atoms. The third-order valence-corrected chi connectivity index (χ3v) is 2.30. The number of hydrazone groups is 1. The van der Waals surface area contributed by atoms with Gasteiger partial charge in [0.15, 0.2) is 0 Å². The van der Waals surface area contributed by atoms with Crippen molar-refractivity contribution in [2.45, 2.75) is 20.3 Å². The van der Waals surface area contributed by atoms with Crippen LogP contribution in [0.25, 0.3) is 0 Å². The Bertz CT molecular complexity index is 322. The predicted molar refractivity (Wildman–Crippen MR) is 69.1 cm³/mol. The fourth-order valence-corrected chi connectivity index (χ4v) is 1.34. The molecule has 88 valence electrons. The lowest BCUT2D eigenvalue weighted by Crippen LogP contribution is -2.16. The number of hydrogen-bond donors (Lipinski definition) is 0. The first-order chi connectivity index (χ1) is 7.77. The van der Waals surface area contributed by atoms with Crippen LogP contribution in [0.4, 0.5) is 5.69 Å². The molecule has 0 amide bonds. The van der Waals surface area contributed by atoms with Gasteiger partial charge in [0.1, 0.15) is 0 Å². The molecule has 1 aromatic carbocycles. The molecule has 3 heteroatoms. The van der Waals surface area contributed by atoms with Gasteiger partial charge in [0.25, 0.3) is 0 Å². The lowest BCUT2D eigenvalue weighted by Gasteiger charge is -2.15. The molecule has 0 unspecified atom stereocenters. The zero-order chi connectivity index (χ0) is 11.8. The predicted octanol–water partition coefficient (Wildman–Crippen LogP) is 2.93. The molecule has 0 aliphatic heterocycles. The van der Waals surface area contributed by atoms with Crippen LogP contribution in [-0.4, -0.2) is 26.0 Å². The van der Waals surface area contributed by atoms with Crippen molar-refractivity contribution in [3.63, 3.8) is 0 Å². The molecule has 16 heavy (non-hydrogen) atoms. The number of rotatable bonds is 6. The van der Waals surface area contributed by atoms with Crippen LogP contribution in [0.2, 0.25) is 0 Å². The molecule has 0 radical (unpaired) electrons. The molecule has 0 heterocycles. The van der Waals surface area contributed by atoms with Gasteiger partial charge in [-0.05, 0) is 25.5 Å². The van der Waals surface area contributed by atoms with Crippen molar-refractivity contribution in [2.75, 3.05) is 25.3 Å². The highest BCUT2D eigenvalue weighted by atomic mass is 16.5. The molecular weight excluding hydrogens is 200 g/mol. The first kappa shape index (κ1) is 12.7. The minimum atomic E-state index is 0.615. The average molecular weight is 220 g/mol. The molecule has 0 aromatic heterocycles. The van der Waals surface area contributed by atoms with Crippen LogP contribution >= 0.6 is 0 Å². The molecule has 1 aromatic rings. The van der Waals surface area contributed by atoms with Crippen LogP contribution in [-0.2, 0) is 4.74 Å². The standard InChI is InChI=1S/C13H20N2O/c1-4-12(11-16-5-2)14-15(3)13-9-7-6-8-10-13/h6-10H,4-5,11H2,1-3H3. The van der Waals surface area contributed by atoms with Crippen molar-refractivity contribution in [3.05, 3.63) is 30.3 Å². The van der Waals surface area contributed by atoms with Gasteiger partial charge >= 0.3 is 0 Å². The molecule has 1 rings (SSSR count). The minimum absolute atomic E-state index is 0.615. The first-order valence-electron chi connectivity index (χ1n) is 5.70. The monoisotopic (exact) mass is 220 g/mol. The summed E-state index contributed by atoms with van der Waals surface area (Å²) in [5.74, 6) is 0. The van der Waals surface area contributed by atoms with E-state index in [9.17, 15) is 0 Å². The van der Waals surface area contributed by atoms with E-state index in [0.29, 0.717) is 6.61 Å². The van der Waals surface area contributed by atoms with Gasteiger partial charge < -0.3 is 4.74 Å². The van der Waals surface area contributed by atoms with E-state index in [1.807, 2.05) is 49.3 Å². The second kappa shape index (κ2) is 7.01. The number of para-hydroxylation sites is 1. The van der Waals surface area contributed by atoms with Crippen molar-refractivity contribution in [1.82, 2.24) is 0 Å². The van der Waals surface area contributed by atoms with Crippen LogP contribution in [0.5, 0.6) is 0 Å². The summed E-state index contributed by atoms with van der Waals surface area (Å²) < 4.78 is 5.37. The fraction of sp³-hybridized carbons (Fsp3) is 0.462. The van der Waals surface area contributed by atoms with Gasteiger partial charge in [-0.25, -0.2) is 0 Å². The summed E-state index contributed by atoms with van der Waals surface area (Å²) in [5.41, 5.74) is 2.15. The van der Waals surface area contributed by atoms with Crippen molar-refractivity contribution in [1.29, 1.82) is 0 Å². The quantitative estimate of drug-likeness (QED) is 0.544. The van der Waals surface area contributed by atoms with E-state index >= 15 is 0 Å². The summed E-state index contributed by atoms with van der Waals surface area (Å²) in [7, 11) is 1.96. The van der Waals surface area contributed by atoms with Crippen LogP contribution < -0.4 is 5.01 Å². The maximum absolute atomic E-state index is 5.37. The van der Waals surface area contributed by atoms with Gasteiger partial charge in [-0.2, -0.15) is 5.10 Å². The summed E-state index contributed by atoms with van der Waals surface area (Å²) in [6.45, 7) is 5.43. The molecule has 0 saturated carbocycles. The summed E-state index contributed by atoms with van der Waals surface area (Å²) in [6, 6.07) is 10.1. The molecule has 0 bridgehead atoms. The zero-order valence-corrected chi connectivity index (χ0v) is 10.3. The number of anilines is 1. The molecule has 0 aliphatic carbocycles. The third kappa shape index (κ3) is 4.03. The van der Waals surface area contributed by atoms with Gasteiger partial charge in [-0.3, -0.25) is 5.01 Å². The van der Waals surface area contributed by atoms with E-state index in [-0.39, 0.29) is 0 Å². The highest BCUT2D eigenvalue weighted by molar-refractivity contribution is 5.86. The minimum Gasteiger partial charge on any atom is -0.376 e. The van der Waals surface area contributed by atoms with Crippen LogP contribution in [0.3, 0.4) is 0 Å². The fourth-order valence-electron chi connectivity index (χ4n) is 1.34. The van der Waals surface area contributed by atoms with E-state index in [0.717, 1.165) is 24.4 Å². The van der Waals surface area contributed by atoms with Gasteiger partial charge in [-0.15, -0.1) is 0 Å². The van der Waals surface area contributed by atoms with E-state index < -0.39 is 0 Å². The topological polar surface area (TPSA) is 24.8 Å². The lowest BCUT2D eigenvalue weighted by molar-refractivity contribution is 0.186. The average Bonchev–Trinajstić information content (AvgIpc) is 2.35. The Labute approximate surface area is 97.7 Å². The lowest BCUT2D eigenvalue weighted by atomic mass is 10.3. The Morgan fingerprint density at radius 1 is 1.25 bits per heavy atom.